The van der Waals surface area contributed by atoms with Gasteiger partial charge in [0.1, 0.15) is 11.3 Å². The number of nitrogens with zero attached hydrogens (tertiary/aromatic N) is 6. The van der Waals surface area contributed by atoms with E-state index in [0.29, 0.717) is 39.7 Å². The Morgan fingerprint density at radius 2 is 1.91 bits per heavy atom. The molecule has 0 atom stereocenters. The smallest absolute Gasteiger partial charge is 0.263 e. The van der Waals surface area contributed by atoms with Crippen LogP contribution in [-0.4, -0.2) is 70.6 Å². The van der Waals surface area contributed by atoms with Crippen molar-refractivity contribution in [3.63, 3.8) is 0 Å². The maximum Gasteiger partial charge on any atom is 0.263 e. The minimum absolute atomic E-state index is 0.154. The molecule has 3 heterocycles. The topological polar surface area (TPSA) is 96.4 Å². The van der Waals surface area contributed by atoms with Crippen molar-refractivity contribution in [3.8, 4) is 5.75 Å². The Bertz CT molecular complexity index is 1100. The van der Waals surface area contributed by atoms with Gasteiger partial charge in [0.05, 0.1) is 11.9 Å². The second-order valence-corrected chi connectivity index (χ2v) is 8.45. The molecule has 2 aromatic heterocycles. The summed E-state index contributed by atoms with van der Waals surface area (Å²) in [5.74, 6) is 1.22. The van der Waals surface area contributed by atoms with Crippen molar-refractivity contribution in [2.75, 3.05) is 44.0 Å². The number of aromatic nitrogens is 4. The van der Waals surface area contributed by atoms with E-state index in [0.717, 1.165) is 31.6 Å². The Kier molecular flexibility index (Phi) is 6.66. The molecule has 3 aromatic rings. The van der Waals surface area contributed by atoms with Crippen LogP contribution >= 0.6 is 11.6 Å². The van der Waals surface area contributed by atoms with Crippen molar-refractivity contribution in [2.24, 2.45) is 0 Å². The first-order chi connectivity index (χ1) is 15.4. The normalized spacial score (nSPS) is 14.7. The van der Waals surface area contributed by atoms with Gasteiger partial charge in [-0.3, -0.25) is 4.79 Å². The molecule has 0 unspecified atom stereocenters. The number of fused-ring (bicyclic) bond motifs is 1. The van der Waals surface area contributed by atoms with Gasteiger partial charge in [-0.1, -0.05) is 11.6 Å². The number of ether oxygens (including phenoxy) is 1. The number of carbonyl (C=O) groups is 1. The number of hydrogen-bond donors (Lipinski definition) is 1. The van der Waals surface area contributed by atoms with Gasteiger partial charge in [-0.2, -0.15) is 4.98 Å². The van der Waals surface area contributed by atoms with E-state index >= 15 is 0 Å². The largest absolute Gasteiger partial charge is 0.484 e. The summed E-state index contributed by atoms with van der Waals surface area (Å²) in [7, 11) is 4.24. The quantitative estimate of drug-likeness (QED) is 0.606. The lowest BCUT2D eigenvalue weighted by atomic mass is 10.0. The van der Waals surface area contributed by atoms with Crippen LogP contribution in [0.25, 0.3) is 11.2 Å². The number of halogens is 1. The van der Waals surface area contributed by atoms with E-state index in [9.17, 15) is 4.79 Å². The van der Waals surface area contributed by atoms with Gasteiger partial charge < -0.3 is 19.9 Å². The maximum atomic E-state index is 12.2. The number of aryl methyl sites for hydroxylation is 1. The summed E-state index contributed by atoms with van der Waals surface area (Å²) < 4.78 is 5.46. The van der Waals surface area contributed by atoms with Crippen LogP contribution in [0.2, 0.25) is 5.02 Å². The molecule has 1 aliphatic rings. The molecule has 1 N–H and O–H groups in total. The van der Waals surface area contributed by atoms with E-state index in [-0.39, 0.29) is 12.5 Å². The number of rotatable bonds is 6. The van der Waals surface area contributed by atoms with Crippen molar-refractivity contribution in [1.29, 1.82) is 0 Å². The number of piperidine rings is 1. The predicted octanol–water partition coefficient (Wildman–Crippen LogP) is 2.93. The Balaban J connectivity index is 1.41. The maximum absolute atomic E-state index is 12.2. The molecule has 1 saturated heterocycles. The van der Waals surface area contributed by atoms with Gasteiger partial charge >= 0.3 is 0 Å². The van der Waals surface area contributed by atoms with Crippen LogP contribution in [0.1, 0.15) is 18.5 Å². The highest BCUT2D eigenvalue weighted by Crippen LogP contribution is 2.22. The molecule has 4 rings (SSSR count). The molecular formula is C22H26ClN7O2. The molecule has 1 fully saturated rings. The zero-order valence-electron chi connectivity index (χ0n) is 18.4. The highest BCUT2D eigenvalue weighted by atomic mass is 35.5. The highest BCUT2D eigenvalue weighted by molar-refractivity contribution is 6.30. The van der Waals surface area contributed by atoms with E-state index in [1.165, 1.54) is 6.20 Å². The van der Waals surface area contributed by atoms with Crippen molar-refractivity contribution in [2.45, 2.75) is 25.8 Å². The summed E-state index contributed by atoms with van der Waals surface area (Å²) in [5, 5.41) is 3.31. The summed E-state index contributed by atoms with van der Waals surface area (Å²) in [6, 6.07) is 7.39. The number of anilines is 2. The van der Waals surface area contributed by atoms with E-state index < -0.39 is 0 Å². The van der Waals surface area contributed by atoms with Crippen molar-refractivity contribution < 1.29 is 9.53 Å². The van der Waals surface area contributed by atoms with Crippen molar-refractivity contribution in [1.82, 2.24) is 24.8 Å². The Morgan fingerprint density at radius 3 is 2.59 bits per heavy atom. The molecule has 0 aliphatic carbocycles. The third kappa shape index (κ3) is 5.23. The molecule has 0 spiro atoms. The fourth-order valence-corrected chi connectivity index (χ4v) is 3.80. The fourth-order valence-electron chi connectivity index (χ4n) is 3.67. The van der Waals surface area contributed by atoms with Gasteiger partial charge in [-0.15, -0.1) is 0 Å². The monoisotopic (exact) mass is 455 g/mol. The van der Waals surface area contributed by atoms with E-state index in [2.05, 4.69) is 49.1 Å². The standard InChI is InChI=1S/C22H26ClN7O2/c1-14-20-21(28-22(25-14)30-10-8-16(9-11-30)29(2)3)24-12-18(27-20)26-19(31)13-32-17-6-4-15(23)5-7-17/h4-7,12,16H,8-11,13H2,1-3H3,(H,26,27,31). The van der Waals surface area contributed by atoms with Gasteiger partial charge in [0.15, 0.2) is 18.1 Å². The second-order valence-electron chi connectivity index (χ2n) is 8.01. The van der Waals surface area contributed by atoms with Gasteiger partial charge in [0.25, 0.3) is 5.91 Å². The van der Waals surface area contributed by atoms with Crippen molar-refractivity contribution in [3.05, 3.63) is 41.2 Å². The van der Waals surface area contributed by atoms with Crippen LogP contribution in [-0.2, 0) is 4.79 Å². The highest BCUT2D eigenvalue weighted by Gasteiger charge is 2.23. The van der Waals surface area contributed by atoms with Gasteiger partial charge in [0, 0.05) is 24.2 Å². The third-order valence-electron chi connectivity index (χ3n) is 5.50. The number of carbonyl (C=O) groups excluding carboxylic acids is 1. The average Bonchev–Trinajstić information content (AvgIpc) is 2.79. The van der Waals surface area contributed by atoms with E-state index in [1.54, 1.807) is 24.3 Å². The fraction of sp³-hybridized carbons (Fsp3) is 0.409. The summed E-state index contributed by atoms with van der Waals surface area (Å²) >= 11 is 5.85. The lowest BCUT2D eigenvalue weighted by molar-refractivity contribution is -0.118. The molecule has 168 valence electrons. The first-order valence-corrected chi connectivity index (χ1v) is 10.9. The molecule has 10 heteroatoms. The van der Waals surface area contributed by atoms with E-state index in [1.807, 2.05) is 6.92 Å². The molecule has 0 saturated carbocycles. The SMILES string of the molecule is Cc1nc(N2CCC(N(C)C)CC2)nc2ncc(NC(=O)COc3ccc(Cl)cc3)nc12. The average molecular weight is 456 g/mol. The second kappa shape index (κ2) is 9.62. The Hall–Kier alpha value is -3.04. The van der Waals surface area contributed by atoms with Crippen LogP contribution in [0.3, 0.4) is 0 Å². The Morgan fingerprint density at radius 1 is 1.19 bits per heavy atom. The molecular weight excluding hydrogens is 430 g/mol. The third-order valence-corrected chi connectivity index (χ3v) is 5.75. The number of hydrogen-bond acceptors (Lipinski definition) is 8. The molecule has 0 radical (unpaired) electrons. The van der Waals surface area contributed by atoms with Gasteiger partial charge in [-0.05, 0) is 58.1 Å². The number of amides is 1. The van der Waals surface area contributed by atoms with Crippen LogP contribution < -0.4 is 15.0 Å². The molecule has 9 nitrogen and oxygen atoms in total. The van der Waals surface area contributed by atoms with Crippen LogP contribution in [0.4, 0.5) is 11.8 Å². The zero-order valence-corrected chi connectivity index (χ0v) is 19.1. The predicted molar refractivity (Wildman–Crippen MR) is 124 cm³/mol. The van der Waals surface area contributed by atoms with Gasteiger partial charge in [-0.25, -0.2) is 15.0 Å². The van der Waals surface area contributed by atoms with Crippen LogP contribution in [0.15, 0.2) is 30.5 Å². The van der Waals surface area contributed by atoms with Crippen molar-refractivity contribution >= 4 is 40.4 Å². The zero-order chi connectivity index (χ0) is 22.7. The Labute approximate surface area is 191 Å². The molecule has 0 bridgehead atoms. The van der Waals surface area contributed by atoms with Crippen LogP contribution in [0, 0.1) is 6.92 Å². The molecule has 1 aromatic carbocycles. The summed E-state index contributed by atoms with van der Waals surface area (Å²) in [4.78, 5) is 34.8. The summed E-state index contributed by atoms with van der Waals surface area (Å²) in [5.41, 5.74) is 1.80. The first-order valence-electron chi connectivity index (χ1n) is 10.5. The van der Waals surface area contributed by atoms with Gasteiger partial charge in [0.2, 0.25) is 5.95 Å². The first kappa shape index (κ1) is 22.2. The molecule has 32 heavy (non-hydrogen) atoms. The lowest BCUT2D eigenvalue weighted by Gasteiger charge is -2.35. The summed E-state index contributed by atoms with van der Waals surface area (Å²) in [6.45, 7) is 3.54. The lowest BCUT2D eigenvalue weighted by Crippen LogP contribution is -2.42. The summed E-state index contributed by atoms with van der Waals surface area (Å²) in [6.07, 6.45) is 3.64. The van der Waals surface area contributed by atoms with E-state index in [4.69, 9.17) is 16.3 Å². The van der Waals surface area contributed by atoms with Crippen LogP contribution in [0.5, 0.6) is 5.75 Å². The molecule has 1 amide bonds. The molecule has 1 aliphatic heterocycles. The minimum atomic E-state index is -0.340. The minimum Gasteiger partial charge on any atom is -0.484 e. The number of benzene rings is 1. The number of nitrogens with one attached hydrogen (secondary N) is 1.